The molecule has 106 valence electrons. The number of aromatic nitrogens is 1. The number of hydrogen-bond donors (Lipinski definition) is 1. The van der Waals surface area contributed by atoms with E-state index in [1.807, 2.05) is 0 Å². The minimum atomic E-state index is -1.09. The maximum atomic E-state index is 11.9. The lowest BCUT2D eigenvalue weighted by molar-refractivity contribution is -0.142. The highest BCUT2D eigenvalue weighted by Gasteiger charge is 2.24. The van der Waals surface area contributed by atoms with Crippen molar-refractivity contribution in [3.63, 3.8) is 0 Å². The van der Waals surface area contributed by atoms with Gasteiger partial charge in [0.05, 0.1) is 23.9 Å². The zero-order valence-electron chi connectivity index (χ0n) is 10.9. The molecule has 0 aliphatic rings. The number of methoxy groups -OCH3 is 2. The Morgan fingerprint density at radius 2 is 2.16 bits per heavy atom. The number of carbonyl (C=O) groups is 1. The van der Waals surface area contributed by atoms with E-state index in [0.29, 0.717) is 10.2 Å². The average molecular weight is 334 g/mol. The molecule has 0 fully saturated rings. The minimum Gasteiger partial charge on any atom is -0.494 e. The van der Waals surface area contributed by atoms with E-state index in [0.717, 1.165) is 4.57 Å². The van der Waals surface area contributed by atoms with Gasteiger partial charge in [-0.1, -0.05) is 0 Å². The van der Waals surface area contributed by atoms with Crippen molar-refractivity contribution in [2.45, 2.75) is 25.5 Å². The molecular formula is C12H16BrNO5. The zero-order valence-corrected chi connectivity index (χ0v) is 12.5. The third-order valence-electron chi connectivity index (χ3n) is 2.79. The number of carboxylic acids is 1. The van der Waals surface area contributed by atoms with Gasteiger partial charge in [0, 0.05) is 19.6 Å². The topological polar surface area (TPSA) is 77.8 Å². The molecule has 1 aromatic rings. The number of carboxylic acid groups (broad SMARTS) is 1. The van der Waals surface area contributed by atoms with Gasteiger partial charge in [-0.2, -0.15) is 0 Å². The van der Waals surface area contributed by atoms with Crippen LogP contribution in [0, 0.1) is 0 Å². The van der Waals surface area contributed by atoms with E-state index in [-0.39, 0.29) is 12.5 Å². The van der Waals surface area contributed by atoms with Crippen LogP contribution >= 0.6 is 15.9 Å². The largest absolute Gasteiger partial charge is 0.494 e. The lowest BCUT2D eigenvalue weighted by Crippen LogP contribution is -2.31. The first-order valence-corrected chi connectivity index (χ1v) is 6.41. The Hall–Kier alpha value is -1.34. The van der Waals surface area contributed by atoms with Crippen molar-refractivity contribution in [3.05, 3.63) is 27.1 Å². The maximum absolute atomic E-state index is 11.9. The van der Waals surface area contributed by atoms with E-state index in [9.17, 15) is 14.7 Å². The van der Waals surface area contributed by atoms with Crippen molar-refractivity contribution in [2.75, 3.05) is 14.2 Å². The quantitative estimate of drug-likeness (QED) is 0.856. The summed E-state index contributed by atoms with van der Waals surface area (Å²) in [5, 5.41) is 9.26. The number of ether oxygens (including phenoxy) is 2. The van der Waals surface area contributed by atoms with Crippen molar-refractivity contribution in [1.82, 2.24) is 4.57 Å². The van der Waals surface area contributed by atoms with Crippen LogP contribution in [-0.2, 0) is 9.53 Å². The summed E-state index contributed by atoms with van der Waals surface area (Å²) in [6.45, 7) is 1.75. The molecule has 1 rings (SSSR count). The van der Waals surface area contributed by atoms with Gasteiger partial charge in [0.2, 0.25) is 0 Å². The number of nitrogens with zero attached hydrogens (tertiary/aromatic N) is 1. The van der Waals surface area contributed by atoms with Gasteiger partial charge < -0.3 is 14.6 Å². The number of halogens is 1. The molecule has 1 heterocycles. The number of pyridine rings is 1. The molecular weight excluding hydrogens is 318 g/mol. The molecule has 0 saturated heterocycles. The summed E-state index contributed by atoms with van der Waals surface area (Å²) in [5.41, 5.74) is -0.414. The third-order valence-corrected chi connectivity index (χ3v) is 3.41. The predicted octanol–water partition coefficient (Wildman–Crippen LogP) is 1.67. The molecule has 0 bridgehead atoms. The van der Waals surface area contributed by atoms with Gasteiger partial charge in [0.1, 0.15) is 11.8 Å². The van der Waals surface area contributed by atoms with E-state index in [1.165, 1.54) is 26.5 Å². The van der Waals surface area contributed by atoms with E-state index in [1.54, 1.807) is 6.92 Å². The first-order valence-electron chi connectivity index (χ1n) is 5.62. The lowest BCUT2D eigenvalue weighted by Gasteiger charge is -2.19. The normalized spacial score (nSPS) is 13.9. The highest BCUT2D eigenvalue weighted by atomic mass is 79.9. The maximum Gasteiger partial charge on any atom is 0.326 e. The molecule has 1 N–H and O–H groups in total. The van der Waals surface area contributed by atoms with Gasteiger partial charge in [0.15, 0.2) is 0 Å². The molecule has 6 nitrogen and oxygen atoms in total. The summed E-state index contributed by atoms with van der Waals surface area (Å²) in [6.07, 6.45) is 1.30. The first kappa shape index (κ1) is 15.7. The van der Waals surface area contributed by atoms with Crippen molar-refractivity contribution in [3.8, 4) is 5.75 Å². The Balaban J connectivity index is 3.23. The van der Waals surface area contributed by atoms with Gasteiger partial charge in [-0.15, -0.1) is 0 Å². The SMILES string of the molecule is COc1cn(C(CC(C)OC)C(=O)O)c(=O)cc1Br. The predicted molar refractivity (Wildman–Crippen MR) is 72.7 cm³/mol. The van der Waals surface area contributed by atoms with Crippen molar-refractivity contribution >= 4 is 21.9 Å². The zero-order chi connectivity index (χ0) is 14.6. The summed E-state index contributed by atoms with van der Waals surface area (Å²) in [4.78, 5) is 23.2. The number of aliphatic carboxylic acids is 1. The van der Waals surface area contributed by atoms with Crippen LogP contribution in [0.15, 0.2) is 21.5 Å². The molecule has 0 aliphatic carbocycles. The molecule has 2 atom stereocenters. The second-order valence-electron chi connectivity index (χ2n) is 4.07. The fourth-order valence-electron chi connectivity index (χ4n) is 1.64. The lowest BCUT2D eigenvalue weighted by atomic mass is 10.1. The minimum absolute atomic E-state index is 0.191. The molecule has 0 saturated carbocycles. The standard InChI is InChI=1S/C12H16BrNO5/c1-7(18-2)4-9(12(16)17)14-6-10(19-3)8(13)5-11(14)15/h5-7,9H,4H2,1-3H3,(H,16,17). The molecule has 0 amide bonds. The van der Waals surface area contributed by atoms with Crippen molar-refractivity contribution in [1.29, 1.82) is 0 Å². The summed E-state index contributed by atoms with van der Waals surface area (Å²) in [5.74, 6) is -0.689. The molecule has 0 radical (unpaired) electrons. The Morgan fingerprint density at radius 1 is 1.53 bits per heavy atom. The van der Waals surface area contributed by atoms with Crippen LogP contribution in [0.25, 0.3) is 0 Å². The molecule has 19 heavy (non-hydrogen) atoms. The monoisotopic (exact) mass is 333 g/mol. The van der Waals surface area contributed by atoms with E-state index >= 15 is 0 Å². The molecule has 7 heteroatoms. The van der Waals surface area contributed by atoms with Crippen molar-refractivity contribution < 1.29 is 19.4 Å². The second-order valence-corrected chi connectivity index (χ2v) is 4.93. The van der Waals surface area contributed by atoms with Gasteiger partial charge >= 0.3 is 5.97 Å². The summed E-state index contributed by atoms with van der Waals surface area (Å²) < 4.78 is 11.8. The molecule has 2 unspecified atom stereocenters. The van der Waals surface area contributed by atoms with Crippen LogP contribution in [0.5, 0.6) is 5.75 Å². The fraction of sp³-hybridized carbons (Fsp3) is 0.500. The van der Waals surface area contributed by atoms with Crippen LogP contribution in [0.1, 0.15) is 19.4 Å². The van der Waals surface area contributed by atoms with Crippen molar-refractivity contribution in [2.24, 2.45) is 0 Å². The van der Waals surface area contributed by atoms with Crippen LogP contribution in [-0.4, -0.2) is 36.0 Å². The third kappa shape index (κ3) is 3.81. The summed E-state index contributed by atoms with van der Waals surface area (Å²) in [6, 6.07) is 0.288. The highest BCUT2D eigenvalue weighted by molar-refractivity contribution is 9.10. The average Bonchev–Trinajstić information content (AvgIpc) is 2.36. The van der Waals surface area contributed by atoms with E-state index in [4.69, 9.17) is 9.47 Å². The van der Waals surface area contributed by atoms with E-state index in [2.05, 4.69) is 15.9 Å². The number of hydrogen-bond acceptors (Lipinski definition) is 4. The number of rotatable bonds is 6. The summed E-state index contributed by atoms with van der Waals surface area (Å²) >= 11 is 3.18. The Bertz CT molecular complexity index is 513. The van der Waals surface area contributed by atoms with Crippen LogP contribution < -0.4 is 10.3 Å². The molecule has 0 aliphatic heterocycles. The van der Waals surface area contributed by atoms with Gasteiger partial charge in [0.25, 0.3) is 5.56 Å². The fourth-order valence-corrected chi connectivity index (χ4v) is 2.10. The highest BCUT2D eigenvalue weighted by Crippen LogP contribution is 2.24. The van der Waals surface area contributed by atoms with Crippen LogP contribution in [0.4, 0.5) is 0 Å². The smallest absolute Gasteiger partial charge is 0.326 e. The Labute approximate surface area is 119 Å². The summed E-state index contributed by atoms with van der Waals surface area (Å²) in [7, 11) is 2.94. The van der Waals surface area contributed by atoms with Gasteiger partial charge in [-0.25, -0.2) is 4.79 Å². The van der Waals surface area contributed by atoms with Crippen LogP contribution in [0.3, 0.4) is 0 Å². The Kier molecular flexibility index (Phi) is 5.56. The van der Waals surface area contributed by atoms with E-state index < -0.39 is 17.6 Å². The van der Waals surface area contributed by atoms with Gasteiger partial charge in [-0.05, 0) is 22.9 Å². The molecule has 0 spiro atoms. The second kappa shape index (κ2) is 6.72. The molecule has 0 aromatic carbocycles. The Morgan fingerprint density at radius 3 is 2.63 bits per heavy atom. The van der Waals surface area contributed by atoms with Crippen LogP contribution in [0.2, 0.25) is 0 Å². The first-order chi connectivity index (χ1) is 8.90. The molecule has 1 aromatic heterocycles. The van der Waals surface area contributed by atoms with Gasteiger partial charge in [-0.3, -0.25) is 9.36 Å².